The molecule has 5 heteroatoms. The van der Waals surface area contributed by atoms with Gasteiger partial charge in [0.1, 0.15) is 5.76 Å². The molecular formula is C20H25N3O2. The van der Waals surface area contributed by atoms with Crippen molar-refractivity contribution in [3.63, 3.8) is 0 Å². The van der Waals surface area contributed by atoms with Gasteiger partial charge in [0.2, 0.25) is 0 Å². The molecule has 1 aliphatic carbocycles. The van der Waals surface area contributed by atoms with Crippen molar-refractivity contribution in [3.8, 4) is 0 Å². The highest BCUT2D eigenvalue weighted by molar-refractivity contribution is 5.75. The summed E-state index contributed by atoms with van der Waals surface area (Å²) < 4.78 is 5.19. The molecular weight excluding hydrogens is 314 g/mol. The lowest BCUT2D eigenvalue weighted by molar-refractivity contribution is 0.124. The second-order valence-electron chi connectivity index (χ2n) is 7.48. The lowest BCUT2D eigenvalue weighted by Crippen LogP contribution is -2.42. The quantitative estimate of drug-likeness (QED) is 0.927. The maximum absolute atomic E-state index is 12.6. The highest BCUT2D eigenvalue weighted by atomic mass is 16.5. The number of hydrogen-bond donors (Lipinski definition) is 1. The van der Waals surface area contributed by atoms with Crippen molar-refractivity contribution in [1.82, 2.24) is 15.4 Å². The van der Waals surface area contributed by atoms with E-state index in [9.17, 15) is 4.79 Å². The molecule has 1 aromatic carbocycles. The van der Waals surface area contributed by atoms with Crippen LogP contribution in [0.2, 0.25) is 0 Å². The van der Waals surface area contributed by atoms with Crippen molar-refractivity contribution >= 4 is 6.03 Å². The Labute approximate surface area is 148 Å². The number of carbonyl (C=O) groups is 1. The van der Waals surface area contributed by atoms with Gasteiger partial charge in [0.15, 0.2) is 0 Å². The van der Waals surface area contributed by atoms with E-state index in [1.807, 2.05) is 17.9 Å². The first kappa shape index (κ1) is 16.2. The van der Waals surface area contributed by atoms with Crippen molar-refractivity contribution in [3.05, 3.63) is 53.4 Å². The number of rotatable bonds is 4. The Bertz CT molecular complexity index is 736. The Morgan fingerprint density at radius 3 is 2.80 bits per heavy atom. The fraction of sp³-hybridized carbons (Fsp3) is 0.500. The molecule has 1 unspecified atom stereocenters. The van der Waals surface area contributed by atoms with E-state index in [2.05, 4.69) is 40.8 Å². The number of amides is 2. The van der Waals surface area contributed by atoms with Crippen molar-refractivity contribution in [2.24, 2.45) is 5.41 Å². The van der Waals surface area contributed by atoms with E-state index in [0.29, 0.717) is 24.3 Å². The molecule has 1 saturated carbocycles. The number of nitrogens with one attached hydrogen (secondary N) is 1. The van der Waals surface area contributed by atoms with E-state index >= 15 is 0 Å². The minimum absolute atomic E-state index is 0.0425. The molecule has 1 saturated heterocycles. The summed E-state index contributed by atoms with van der Waals surface area (Å²) in [6.07, 6.45) is 4.42. The minimum Gasteiger partial charge on any atom is -0.361 e. The van der Waals surface area contributed by atoms with Gasteiger partial charge in [-0.1, -0.05) is 41.9 Å². The molecule has 2 aliphatic rings. The Morgan fingerprint density at radius 1 is 1.36 bits per heavy atom. The number of benzene rings is 1. The fourth-order valence-corrected chi connectivity index (χ4v) is 4.34. The third kappa shape index (κ3) is 3.15. The molecule has 0 radical (unpaired) electrons. The lowest BCUT2D eigenvalue weighted by atomic mass is 9.61. The van der Waals surface area contributed by atoms with Crippen LogP contribution in [0.4, 0.5) is 4.79 Å². The van der Waals surface area contributed by atoms with Gasteiger partial charge < -0.3 is 14.7 Å². The molecule has 1 aromatic heterocycles. The smallest absolute Gasteiger partial charge is 0.317 e. The monoisotopic (exact) mass is 339 g/mol. The topological polar surface area (TPSA) is 58.4 Å². The highest BCUT2D eigenvalue weighted by Gasteiger charge is 2.51. The summed E-state index contributed by atoms with van der Waals surface area (Å²) in [7, 11) is 0. The molecule has 1 spiro atoms. The SMILES string of the molecule is Cc1cc(CCNC(=O)N2CC(c3ccccc3)C3(CCC3)C2)on1. The van der Waals surface area contributed by atoms with E-state index in [1.165, 1.54) is 24.8 Å². The average molecular weight is 339 g/mol. The third-order valence-electron chi connectivity index (χ3n) is 5.81. The largest absolute Gasteiger partial charge is 0.361 e. The first-order chi connectivity index (χ1) is 12.2. The second-order valence-corrected chi connectivity index (χ2v) is 7.48. The number of urea groups is 1. The molecule has 5 nitrogen and oxygen atoms in total. The van der Waals surface area contributed by atoms with Gasteiger partial charge >= 0.3 is 6.03 Å². The molecule has 2 aromatic rings. The van der Waals surface area contributed by atoms with Crippen LogP contribution >= 0.6 is 0 Å². The first-order valence-corrected chi connectivity index (χ1v) is 9.16. The predicted molar refractivity (Wildman–Crippen MR) is 95.4 cm³/mol. The standard InChI is InChI=1S/C20H25N3O2/c1-15-12-17(25-22-15)8-11-21-19(24)23-13-18(16-6-3-2-4-7-16)20(14-23)9-5-10-20/h2-4,6-7,12,18H,5,8-11,13-14H2,1H3,(H,21,24). The van der Waals surface area contributed by atoms with Gasteiger partial charge in [-0.2, -0.15) is 0 Å². The van der Waals surface area contributed by atoms with Crippen molar-refractivity contribution < 1.29 is 9.32 Å². The molecule has 2 fully saturated rings. The zero-order valence-electron chi connectivity index (χ0n) is 14.7. The maximum atomic E-state index is 12.6. The molecule has 1 N–H and O–H groups in total. The van der Waals surface area contributed by atoms with Crippen LogP contribution in [0.3, 0.4) is 0 Å². The number of nitrogens with zero attached hydrogens (tertiary/aromatic N) is 2. The van der Waals surface area contributed by atoms with E-state index in [0.717, 1.165) is 24.5 Å². The van der Waals surface area contributed by atoms with Crippen LogP contribution in [0, 0.1) is 12.3 Å². The van der Waals surface area contributed by atoms with Gasteiger partial charge in [0, 0.05) is 38.0 Å². The number of hydrogen-bond acceptors (Lipinski definition) is 3. The lowest BCUT2D eigenvalue weighted by Gasteiger charge is -2.43. The van der Waals surface area contributed by atoms with Crippen molar-refractivity contribution in [2.75, 3.05) is 19.6 Å². The van der Waals surface area contributed by atoms with Gasteiger partial charge in [0.05, 0.1) is 5.69 Å². The van der Waals surface area contributed by atoms with Gasteiger partial charge in [-0.25, -0.2) is 4.79 Å². The minimum atomic E-state index is 0.0425. The summed E-state index contributed by atoms with van der Waals surface area (Å²) >= 11 is 0. The Balaban J connectivity index is 1.37. The van der Waals surface area contributed by atoms with Crippen LogP contribution in [0.5, 0.6) is 0 Å². The second kappa shape index (κ2) is 6.54. The zero-order valence-corrected chi connectivity index (χ0v) is 14.7. The number of carbonyl (C=O) groups excluding carboxylic acids is 1. The first-order valence-electron chi connectivity index (χ1n) is 9.16. The molecule has 0 bridgehead atoms. The average Bonchev–Trinajstić information content (AvgIpc) is 3.19. The molecule has 2 heterocycles. The maximum Gasteiger partial charge on any atom is 0.317 e. The van der Waals surface area contributed by atoms with Crippen LogP contribution in [-0.4, -0.2) is 35.7 Å². The van der Waals surface area contributed by atoms with Crippen molar-refractivity contribution in [1.29, 1.82) is 0 Å². The fourth-order valence-electron chi connectivity index (χ4n) is 4.34. The summed E-state index contributed by atoms with van der Waals surface area (Å²) in [5, 5.41) is 6.91. The third-order valence-corrected chi connectivity index (χ3v) is 5.81. The summed E-state index contributed by atoms with van der Waals surface area (Å²) in [4.78, 5) is 14.6. The number of aryl methyl sites for hydroxylation is 1. The van der Waals surface area contributed by atoms with E-state index in [-0.39, 0.29) is 6.03 Å². The summed E-state index contributed by atoms with van der Waals surface area (Å²) in [5.41, 5.74) is 2.54. The molecule has 4 rings (SSSR count). The predicted octanol–water partition coefficient (Wildman–Crippen LogP) is 3.50. The summed E-state index contributed by atoms with van der Waals surface area (Å²) in [6, 6.07) is 12.6. The van der Waals surface area contributed by atoms with Gasteiger partial charge in [-0.15, -0.1) is 0 Å². The Hall–Kier alpha value is -2.30. The Kier molecular flexibility index (Phi) is 4.24. The summed E-state index contributed by atoms with van der Waals surface area (Å²) in [6.45, 7) is 4.17. The van der Waals surface area contributed by atoms with E-state index < -0.39 is 0 Å². The van der Waals surface area contributed by atoms with Crippen LogP contribution in [-0.2, 0) is 6.42 Å². The van der Waals surface area contributed by atoms with Gasteiger partial charge in [0.25, 0.3) is 0 Å². The Morgan fingerprint density at radius 2 is 2.16 bits per heavy atom. The van der Waals surface area contributed by atoms with Gasteiger partial charge in [-0.3, -0.25) is 0 Å². The molecule has 132 valence electrons. The highest BCUT2D eigenvalue weighted by Crippen LogP contribution is 2.55. The van der Waals surface area contributed by atoms with Crippen LogP contribution < -0.4 is 5.32 Å². The van der Waals surface area contributed by atoms with Crippen LogP contribution in [0.15, 0.2) is 40.9 Å². The van der Waals surface area contributed by atoms with E-state index in [1.54, 1.807) is 0 Å². The van der Waals surface area contributed by atoms with Gasteiger partial charge in [-0.05, 0) is 30.7 Å². The van der Waals surface area contributed by atoms with Crippen LogP contribution in [0.25, 0.3) is 0 Å². The summed E-state index contributed by atoms with van der Waals surface area (Å²) in [5.74, 6) is 1.28. The number of aromatic nitrogens is 1. The molecule has 2 amide bonds. The molecule has 1 atom stereocenters. The molecule has 25 heavy (non-hydrogen) atoms. The molecule has 1 aliphatic heterocycles. The van der Waals surface area contributed by atoms with Crippen molar-refractivity contribution in [2.45, 2.75) is 38.5 Å². The zero-order chi connectivity index (χ0) is 17.3. The normalized spacial score (nSPS) is 21.3. The number of likely N-dealkylation sites (tertiary alicyclic amines) is 1. The van der Waals surface area contributed by atoms with E-state index in [4.69, 9.17) is 4.52 Å². The van der Waals surface area contributed by atoms with Crippen LogP contribution in [0.1, 0.15) is 42.2 Å².